The molecule has 1 amide bonds. The average molecular weight is 654 g/mol. The number of rotatable bonds is 9. The van der Waals surface area contributed by atoms with E-state index >= 15 is 0 Å². The predicted octanol–water partition coefficient (Wildman–Crippen LogP) is 7.82. The van der Waals surface area contributed by atoms with E-state index in [0.717, 1.165) is 35.2 Å². The zero-order valence-electron chi connectivity index (χ0n) is 28.4. The number of aromatic hydroxyl groups is 1. The molecule has 0 spiro atoms. The quantitative estimate of drug-likeness (QED) is 0.169. The number of fused-ring (bicyclic) bond motifs is 2. The number of nitrogens with zero attached hydrogens (tertiary/aromatic N) is 2. The van der Waals surface area contributed by atoms with Gasteiger partial charge in [0.2, 0.25) is 5.91 Å². The minimum Gasteiger partial charge on any atom is -0.508 e. The van der Waals surface area contributed by atoms with Crippen molar-refractivity contribution in [2.75, 3.05) is 13.2 Å². The predicted molar refractivity (Wildman–Crippen MR) is 192 cm³/mol. The molecule has 7 nitrogen and oxygen atoms in total. The van der Waals surface area contributed by atoms with Crippen molar-refractivity contribution in [3.63, 3.8) is 0 Å². The van der Waals surface area contributed by atoms with Gasteiger partial charge < -0.3 is 19.9 Å². The van der Waals surface area contributed by atoms with Crippen molar-refractivity contribution in [3.05, 3.63) is 142 Å². The second-order valence-electron chi connectivity index (χ2n) is 13.1. The maximum atomic E-state index is 14.0. The summed E-state index contributed by atoms with van der Waals surface area (Å²) < 4.78 is 12.6. The van der Waals surface area contributed by atoms with E-state index in [1.807, 2.05) is 31.3 Å². The molecule has 7 rings (SSSR count). The summed E-state index contributed by atoms with van der Waals surface area (Å²) in [5.41, 5.74) is 10.2. The van der Waals surface area contributed by atoms with E-state index in [1.165, 1.54) is 27.8 Å². The van der Waals surface area contributed by atoms with Gasteiger partial charge in [-0.1, -0.05) is 73.7 Å². The van der Waals surface area contributed by atoms with Gasteiger partial charge in [0.05, 0.1) is 6.04 Å². The van der Waals surface area contributed by atoms with Crippen LogP contribution in [-0.2, 0) is 24.2 Å². The number of amides is 1. The Labute approximate surface area is 288 Å². The number of hydrogen-bond acceptors (Lipinski definition) is 6. The first-order valence-corrected chi connectivity index (χ1v) is 17.2. The lowest BCUT2D eigenvalue weighted by Crippen LogP contribution is -2.51. The third-order valence-electron chi connectivity index (χ3n) is 10.1. The molecule has 4 aromatic carbocycles. The van der Waals surface area contributed by atoms with Crippen molar-refractivity contribution in [1.29, 1.82) is 0 Å². The van der Waals surface area contributed by atoms with Gasteiger partial charge in [-0.05, 0) is 108 Å². The Bertz CT molecular complexity index is 1930. The van der Waals surface area contributed by atoms with Gasteiger partial charge in [0.15, 0.2) is 17.6 Å². The number of carbonyl (C=O) groups is 1. The third-order valence-corrected chi connectivity index (χ3v) is 10.1. The Hall–Kier alpha value is -5.14. The monoisotopic (exact) mass is 653 g/mol. The lowest BCUT2D eigenvalue weighted by atomic mass is 9.89. The summed E-state index contributed by atoms with van der Waals surface area (Å²) in [6.45, 7) is 7.89. The SMILES string of the molecule is CCC(c1ccccc1)N1Cc2cc3c(cc2CC1C(=O)NCCc1ccc(-c2ccnc(C)c2C)cc1)OCC(c1ccc(O)cc1)O3. The van der Waals surface area contributed by atoms with Crippen LogP contribution in [0.1, 0.15) is 64.6 Å². The maximum Gasteiger partial charge on any atom is 0.237 e. The minimum absolute atomic E-state index is 0.0434. The first kappa shape index (κ1) is 32.4. The summed E-state index contributed by atoms with van der Waals surface area (Å²) in [7, 11) is 0. The highest BCUT2D eigenvalue weighted by Gasteiger charge is 2.37. The number of pyridine rings is 1. The molecular formula is C42H43N3O4. The number of benzene rings is 4. The molecule has 3 unspecified atom stereocenters. The number of carbonyl (C=O) groups excluding carboxylic acids is 1. The lowest BCUT2D eigenvalue weighted by Gasteiger charge is -2.41. The van der Waals surface area contributed by atoms with Gasteiger partial charge in [0.1, 0.15) is 12.4 Å². The number of nitrogens with one attached hydrogen (secondary N) is 1. The van der Waals surface area contributed by atoms with Crippen LogP contribution < -0.4 is 14.8 Å². The summed E-state index contributed by atoms with van der Waals surface area (Å²) in [4.78, 5) is 20.8. The van der Waals surface area contributed by atoms with Gasteiger partial charge in [-0.15, -0.1) is 0 Å². The van der Waals surface area contributed by atoms with E-state index in [1.54, 1.807) is 12.1 Å². The fourth-order valence-electron chi connectivity index (χ4n) is 7.18. The fraction of sp³-hybridized carbons (Fsp3) is 0.286. The third kappa shape index (κ3) is 6.90. The molecule has 0 aliphatic carbocycles. The Morgan fingerprint density at radius 2 is 1.71 bits per heavy atom. The van der Waals surface area contributed by atoms with Crippen molar-refractivity contribution < 1.29 is 19.4 Å². The fourth-order valence-corrected chi connectivity index (χ4v) is 7.18. The van der Waals surface area contributed by atoms with Crippen LogP contribution in [0.4, 0.5) is 0 Å². The normalized spacial score (nSPS) is 17.6. The molecule has 0 radical (unpaired) electrons. The lowest BCUT2D eigenvalue weighted by molar-refractivity contribution is -0.128. The Balaban J connectivity index is 1.09. The van der Waals surface area contributed by atoms with Crippen LogP contribution in [0.15, 0.2) is 103 Å². The molecule has 250 valence electrons. The molecule has 3 heterocycles. The van der Waals surface area contributed by atoms with Crippen molar-refractivity contribution in [3.8, 4) is 28.4 Å². The van der Waals surface area contributed by atoms with Gasteiger partial charge in [-0.2, -0.15) is 0 Å². The van der Waals surface area contributed by atoms with E-state index < -0.39 is 0 Å². The highest BCUT2D eigenvalue weighted by molar-refractivity contribution is 5.82. The number of phenols is 1. The molecule has 0 fully saturated rings. The number of ether oxygens (including phenoxy) is 2. The van der Waals surface area contributed by atoms with Crippen molar-refractivity contribution in [2.24, 2.45) is 0 Å². The number of phenolic OH excluding ortho intramolecular Hbond substituents is 1. The first-order valence-electron chi connectivity index (χ1n) is 17.2. The van der Waals surface area contributed by atoms with Crippen LogP contribution in [0.3, 0.4) is 0 Å². The molecule has 49 heavy (non-hydrogen) atoms. The van der Waals surface area contributed by atoms with Crippen LogP contribution in [0.2, 0.25) is 0 Å². The first-order chi connectivity index (χ1) is 23.9. The Morgan fingerprint density at radius 1 is 0.959 bits per heavy atom. The molecule has 0 saturated carbocycles. The van der Waals surface area contributed by atoms with Gasteiger partial charge in [0, 0.05) is 31.0 Å². The topological polar surface area (TPSA) is 83.9 Å². The molecule has 3 atom stereocenters. The van der Waals surface area contributed by atoms with Gasteiger partial charge in [-0.25, -0.2) is 0 Å². The number of aromatic nitrogens is 1. The van der Waals surface area contributed by atoms with Crippen LogP contribution in [0.25, 0.3) is 11.1 Å². The minimum atomic E-state index is -0.328. The molecule has 2 aliphatic rings. The molecular weight excluding hydrogens is 610 g/mol. The van der Waals surface area contributed by atoms with Crippen molar-refractivity contribution >= 4 is 5.91 Å². The van der Waals surface area contributed by atoms with Crippen LogP contribution in [0, 0.1) is 13.8 Å². The van der Waals surface area contributed by atoms with Crippen molar-refractivity contribution in [1.82, 2.24) is 15.2 Å². The van der Waals surface area contributed by atoms with Crippen LogP contribution >= 0.6 is 0 Å². The van der Waals surface area contributed by atoms with Crippen LogP contribution in [-0.4, -0.2) is 40.1 Å². The molecule has 2 aliphatic heterocycles. The summed E-state index contributed by atoms with van der Waals surface area (Å²) >= 11 is 0. The van der Waals surface area contributed by atoms with Crippen LogP contribution in [0.5, 0.6) is 17.2 Å². The number of aryl methyl sites for hydroxylation is 1. The van der Waals surface area contributed by atoms with Gasteiger partial charge in [0.25, 0.3) is 0 Å². The number of hydrogen-bond donors (Lipinski definition) is 2. The van der Waals surface area contributed by atoms with E-state index in [-0.39, 0.29) is 29.8 Å². The average Bonchev–Trinajstić information content (AvgIpc) is 3.13. The Kier molecular flexibility index (Phi) is 9.36. The molecule has 7 heteroatoms. The highest BCUT2D eigenvalue weighted by Crippen LogP contribution is 2.42. The second kappa shape index (κ2) is 14.1. The molecule has 5 aromatic rings. The van der Waals surface area contributed by atoms with Gasteiger partial charge in [-0.3, -0.25) is 14.7 Å². The summed E-state index contributed by atoms with van der Waals surface area (Å²) in [5.74, 6) is 1.68. The molecule has 1 aromatic heterocycles. The van der Waals surface area contributed by atoms with Gasteiger partial charge >= 0.3 is 0 Å². The smallest absolute Gasteiger partial charge is 0.237 e. The molecule has 0 bridgehead atoms. The summed E-state index contributed by atoms with van der Waals surface area (Å²) in [5, 5.41) is 13.0. The Morgan fingerprint density at radius 3 is 2.47 bits per heavy atom. The standard InChI is InChI=1S/C42H43N3O4/c1-4-37(31-8-6-5-7-9-31)45-25-34-24-40-39(48-26-41(49-40)32-14-16-35(46)17-15-32)23-33(34)22-38(45)42(47)44-20-18-29-10-12-30(13-11-29)36-19-21-43-28(3)27(36)2/h5-17,19,21,23-24,37-38,41,46H,4,18,20,22,25-26H2,1-3H3,(H,44,47). The zero-order valence-corrected chi connectivity index (χ0v) is 28.4. The van der Waals surface area contributed by atoms with E-state index in [0.29, 0.717) is 37.6 Å². The largest absolute Gasteiger partial charge is 0.508 e. The van der Waals surface area contributed by atoms with E-state index in [2.05, 4.69) is 95.8 Å². The molecule has 0 saturated heterocycles. The second-order valence-corrected chi connectivity index (χ2v) is 13.1. The van der Waals surface area contributed by atoms with E-state index in [9.17, 15) is 9.90 Å². The maximum absolute atomic E-state index is 14.0. The zero-order chi connectivity index (χ0) is 33.9. The van der Waals surface area contributed by atoms with Crippen molar-refractivity contribution in [2.45, 2.75) is 64.8 Å². The molecule has 2 N–H and O–H groups in total. The highest BCUT2D eigenvalue weighted by atomic mass is 16.6. The summed E-state index contributed by atoms with van der Waals surface area (Å²) in [6, 6.07) is 32.1. The summed E-state index contributed by atoms with van der Waals surface area (Å²) in [6.07, 6.45) is 3.80. The van der Waals surface area contributed by atoms with E-state index in [4.69, 9.17) is 9.47 Å².